The number of benzene rings is 1. The topological polar surface area (TPSA) is 79.8 Å². The third kappa shape index (κ3) is 4.75. The summed E-state index contributed by atoms with van der Waals surface area (Å²) in [5.74, 6) is 0.519. The molecule has 0 atom stereocenters. The number of pyridine rings is 1. The van der Waals surface area contributed by atoms with E-state index in [4.69, 9.17) is 4.74 Å². The van der Waals surface area contributed by atoms with Crippen molar-refractivity contribution >= 4 is 15.9 Å². The number of hydrogen-bond donors (Lipinski definition) is 0. The van der Waals surface area contributed by atoms with Gasteiger partial charge in [-0.25, -0.2) is 8.42 Å². The molecule has 8 heteroatoms. The Morgan fingerprint density at radius 2 is 1.81 bits per heavy atom. The van der Waals surface area contributed by atoms with E-state index >= 15 is 0 Å². The predicted molar refractivity (Wildman–Crippen MR) is 120 cm³/mol. The summed E-state index contributed by atoms with van der Waals surface area (Å²) in [6, 6.07) is 4.80. The minimum Gasteiger partial charge on any atom is -0.496 e. The van der Waals surface area contributed by atoms with Gasteiger partial charge in [0.15, 0.2) is 0 Å². The fourth-order valence-electron chi connectivity index (χ4n) is 3.98. The number of carbonyl (C=O) groups excluding carboxylic acids is 1. The summed E-state index contributed by atoms with van der Waals surface area (Å²) >= 11 is 0. The van der Waals surface area contributed by atoms with Gasteiger partial charge in [-0.3, -0.25) is 9.78 Å². The van der Waals surface area contributed by atoms with Crippen molar-refractivity contribution in [3.63, 3.8) is 0 Å². The van der Waals surface area contributed by atoms with Crippen molar-refractivity contribution in [2.45, 2.75) is 51.5 Å². The molecule has 0 aliphatic carbocycles. The number of carbonyl (C=O) groups is 1. The van der Waals surface area contributed by atoms with Crippen LogP contribution in [-0.2, 0) is 16.6 Å². The van der Waals surface area contributed by atoms with Gasteiger partial charge in [0.2, 0.25) is 10.0 Å². The molecule has 3 rings (SSSR count). The second-order valence-corrected chi connectivity index (χ2v) is 10.1. The molecule has 7 nitrogen and oxygen atoms in total. The lowest BCUT2D eigenvalue weighted by Gasteiger charge is -2.26. The lowest BCUT2D eigenvalue weighted by atomic mass is 10.1. The Hall–Kier alpha value is -2.45. The molecule has 1 saturated heterocycles. The van der Waals surface area contributed by atoms with Gasteiger partial charge in [-0.15, -0.1) is 0 Å². The zero-order valence-electron chi connectivity index (χ0n) is 18.9. The summed E-state index contributed by atoms with van der Waals surface area (Å²) in [5, 5.41) is 0. The second-order valence-electron chi connectivity index (χ2n) is 8.15. The first-order valence-electron chi connectivity index (χ1n) is 10.5. The Balaban J connectivity index is 1.87. The van der Waals surface area contributed by atoms with E-state index in [1.54, 1.807) is 37.4 Å². The van der Waals surface area contributed by atoms with Crippen molar-refractivity contribution in [2.24, 2.45) is 0 Å². The highest BCUT2D eigenvalue weighted by Gasteiger charge is 2.27. The largest absolute Gasteiger partial charge is 0.496 e. The zero-order valence-corrected chi connectivity index (χ0v) is 19.8. The van der Waals surface area contributed by atoms with E-state index in [2.05, 4.69) is 4.98 Å². The standard InChI is InChI=1S/C23H31N3O4S/c1-16-9-10-19(31(28,29)26-11-7-6-8-12-26)13-20(16)23(27)25(4)15-21-18(3)22(30-5)17(2)14-24-21/h9-10,13-14H,6-8,11-12,15H2,1-5H3. The maximum Gasteiger partial charge on any atom is 0.254 e. The van der Waals surface area contributed by atoms with Crippen LogP contribution in [0.4, 0.5) is 0 Å². The number of aryl methyl sites for hydroxylation is 2. The van der Waals surface area contributed by atoms with Gasteiger partial charge in [-0.1, -0.05) is 12.5 Å². The van der Waals surface area contributed by atoms with Gasteiger partial charge in [0.1, 0.15) is 5.75 Å². The second kappa shape index (κ2) is 9.36. The van der Waals surface area contributed by atoms with Crippen LogP contribution in [0.25, 0.3) is 0 Å². The van der Waals surface area contributed by atoms with E-state index in [0.717, 1.165) is 47.4 Å². The third-order valence-electron chi connectivity index (χ3n) is 5.88. The van der Waals surface area contributed by atoms with E-state index in [-0.39, 0.29) is 10.8 Å². The van der Waals surface area contributed by atoms with Gasteiger partial charge < -0.3 is 9.64 Å². The number of hydrogen-bond acceptors (Lipinski definition) is 5. The van der Waals surface area contributed by atoms with E-state index in [1.165, 1.54) is 10.4 Å². The first kappa shape index (κ1) is 23.2. The molecule has 1 aromatic heterocycles. The number of ether oxygens (including phenoxy) is 1. The molecule has 1 aliphatic rings. The van der Waals surface area contributed by atoms with Crippen LogP contribution >= 0.6 is 0 Å². The van der Waals surface area contributed by atoms with Crippen molar-refractivity contribution in [3.8, 4) is 5.75 Å². The first-order valence-corrected chi connectivity index (χ1v) is 12.0. The van der Waals surface area contributed by atoms with Crippen molar-refractivity contribution in [1.29, 1.82) is 0 Å². The number of amides is 1. The molecular weight excluding hydrogens is 414 g/mol. The molecule has 1 amide bonds. The zero-order chi connectivity index (χ0) is 22.8. The summed E-state index contributed by atoms with van der Waals surface area (Å²) < 4.78 is 33.1. The molecule has 0 bridgehead atoms. The highest BCUT2D eigenvalue weighted by atomic mass is 32.2. The van der Waals surface area contributed by atoms with E-state index in [9.17, 15) is 13.2 Å². The maximum atomic E-state index is 13.2. The number of methoxy groups -OCH3 is 1. The first-order chi connectivity index (χ1) is 14.7. The number of aromatic nitrogens is 1. The van der Waals surface area contributed by atoms with Crippen molar-refractivity contribution in [3.05, 3.63) is 52.3 Å². The Morgan fingerprint density at radius 3 is 2.45 bits per heavy atom. The van der Waals surface area contributed by atoms with Crippen LogP contribution in [0, 0.1) is 20.8 Å². The van der Waals surface area contributed by atoms with Gasteiger partial charge in [-0.05, 0) is 51.3 Å². The summed E-state index contributed by atoms with van der Waals surface area (Å²) in [5.41, 5.74) is 3.69. The van der Waals surface area contributed by atoms with Crippen LogP contribution in [0.5, 0.6) is 5.75 Å². The molecule has 2 aromatic rings. The molecule has 1 aromatic carbocycles. The van der Waals surface area contributed by atoms with Gasteiger partial charge in [-0.2, -0.15) is 4.31 Å². The highest BCUT2D eigenvalue weighted by molar-refractivity contribution is 7.89. The molecule has 1 aliphatic heterocycles. The summed E-state index contributed by atoms with van der Waals surface area (Å²) in [7, 11) is -0.294. The predicted octanol–water partition coefficient (Wildman–Crippen LogP) is 3.46. The van der Waals surface area contributed by atoms with E-state index < -0.39 is 10.0 Å². The summed E-state index contributed by atoms with van der Waals surface area (Å²) in [6.45, 7) is 7.01. The lowest BCUT2D eigenvalue weighted by Crippen LogP contribution is -2.36. The van der Waals surface area contributed by atoms with Crippen LogP contribution in [-0.4, -0.2) is 55.8 Å². The Morgan fingerprint density at radius 1 is 1.13 bits per heavy atom. The monoisotopic (exact) mass is 445 g/mol. The van der Waals surface area contributed by atoms with Crippen LogP contribution in [0.2, 0.25) is 0 Å². The summed E-state index contributed by atoms with van der Waals surface area (Å²) in [6.07, 6.45) is 4.51. The molecule has 0 saturated carbocycles. The third-order valence-corrected chi connectivity index (χ3v) is 7.77. The van der Waals surface area contributed by atoms with Crippen molar-refractivity contribution in [2.75, 3.05) is 27.2 Å². The molecule has 2 heterocycles. The maximum absolute atomic E-state index is 13.2. The van der Waals surface area contributed by atoms with Gasteiger partial charge in [0.05, 0.1) is 24.2 Å². The van der Waals surface area contributed by atoms with E-state index in [0.29, 0.717) is 25.2 Å². The highest BCUT2D eigenvalue weighted by Crippen LogP contribution is 2.26. The smallest absolute Gasteiger partial charge is 0.254 e. The minimum absolute atomic E-state index is 0.170. The average molecular weight is 446 g/mol. The normalized spacial score (nSPS) is 15.0. The molecule has 0 spiro atoms. The fraction of sp³-hybridized carbons (Fsp3) is 0.478. The van der Waals surface area contributed by atoms with Crippen LogP contribution in [0.3, 0.4) is 0 Å². The van der Waals surface area contributed by atoms with Gasteiger partial charge in [0, 0.05) is 43.0 Å². The van der Waals surface area contributed by atoms with Gasteiger partial charge in [0.25, 0.3) is 5.91 Å². The summed E-state index contributed by atoms with van der Waals surface area (Å²) in [4.78, 5) is 19.4. The molecule has 168 valence electrons. The molecule has 0 radical (unpaired) electrons. The molecular formula is C23H31N3O4S. The number of sulfonamides is 1. The van der Waals surface area contributed by atoms with Gasteiger partial charge >= 0.3 is 0 Å². The molecule has 1 fully saturated rings. The lowest BCUT2D eigenvalue weighted by molar-refractivity contribution is 0.0782. The number of rotatable bonds is 6. The minimum atomic E-state index is -3.61. The van der Waals surface area contributed by atoms with E-state index in [1.807, 2.05) is 20.8 Å². The van der Waals surface area contributed by atoms with Crippen LogP contribution in [0.1, 0.15) is 52.0 Å². The number of nitrogens with zero attached hydrogens (tertiary/aromatic N) is 3. The molecule has 31 heavy (non-hydrogen) atoms. The van der Waals surface area contributed by atoms with Crippen molar-refractivity contribution < 1.29 is 17.9 Å². The average Bonchev–Trinajstić information content (AvgIpc) is 2.76. The molecule has 0 N–H and O–H groups in total. The Labute approximate surface area is 185 Å². The molecule has 0 unspecified atom stereocenters. The Bertz CT molecular complexity index is 1080. The van der Waals surface area contributed by atoms with Crippen molar-refractivity contribution in [1.82, 2.24) is 14.2 Å². The van der Waals surface area contributed by atoms with Crippen LogP contribution in [0.15, 0.2) is 29.3 Å². The fourth-order valence-corrected chi connectivity index (χ4v) is 5.52. The van der Waals surface area contributed by atoms with Crippen LogP contribution < -0.4 is 4.74 Å². The SMILES string of the molecule is COc1c(C)cnc(CN(C)C(=O)c2cc(S(=O)(=O)N3CCCCC3)ccc2C)c1C. The number of piperidine rings is 1. The Kier molecular flexibility index (Phi) is 7.01. The quantitative estimate of drug-likeness (QED) is 0.680.